The third kappa shape index (κ3) is 2.14. The minimum Gasteiger partial charge on any atom is -0.386 e. The first-order valence-electron chi connectivity index (χ1n) is 11.9. The largest absolute Gasteiger partial charge is 0.386 e. The Morgan fingerprint density at radius 2 is 1.83 bits per heavy atom. The van der Waals surface area contributed by atoms with Crippen molar-refractivity contribution in [3.63, 3.8) is 0 Å². The van der Waals surface area contributed by atoms with E-state index in [1.54, 1.807) is 0 Å². The molecule has 3 aliphatic heterocycles. The molecule has 5 heteroatoms. The number of fused-ring (bicyclic) bond motifs is 10. The van der Waals surface area contributed by atoms with Crippen molar-refractivity contribution in [1.82, 2.24) is 0 Å². The number of aliphatic hydroxyl groups excluding tert-OH is 1. The van der Waals surface area contributed by atoms with E-state index >= 15 is 0 Å². The van der Waals surface area contributed by atoms with Crippen molar-refractivity contribution in [2.75, 3.05) is 13.2 Å². The topological polar surface area (TPSA) is 63.8 Å². The van der Waals surface area contributed by atoms with Gasteiger partial charge in [-0.25, -0.2) is 0 Å². The maximum atomic E-state index is 10.4. The molecule has 0 amide bonds. The lowest BCUT2D eigenvalue weighted by atomic mass is 9.46. The predicted octanol–water partition coefficient (Wildman–Crippen LogP) is 2.91. The second-order valence-corrected chi connectivity index (χ2v) is 11.4. The van der Waals surface area contributed by atoms with Gasteiger partial charge in [-0.1, -0.05) is 26.8 Å². The van der Waals surface area contributed by atoms with E-state index in [0.29, 0.717) is 41.1 Å². The summed E-state index contributed by atoms with van der Waals surface area (Å²) in [5.74, 6) is 3.08. The molecule has 0 aromatic carbocycles. The molecule has 7 rings (SSSR count). The van der Waals surface area contributed by atoms with Gasteiger partial charge in [0.15, 0.2) is 6.29 Å². The van der Waals surface area contributed by atoms with Crippen molar-refractivity contribution in [2.24, 2.45) is 40.4 Å². The maximum absolute atomic E-state index is 10.4. The second kappa shape index (κ2) is 5.66. The van der Waals surface area contributed by atoms with E-state index in [1.807, 2.05) is 0 Å². The quantitative estimate of drug-likeness (QED) is 0.568. The average Bonchev–Trinajstić information content (AvgIpc) is 3.58. The first-order chi connectivity index (χ1) is 13.9. The summed E-state index contributed by atoms with van der Waals surface area (Å²) in [4.78, 5) is 0. The number of epoxide rings is 2. The smallest absolute Gasteiger partial charge is 0.160 e. The van der Waals surface area contributed by atoms with Crippen LogP contribution in [0.3, 0.4) is 0 Å². The molecule has 3 saturated carbocycles. The SMILES string of the molecule is CC(C1OCCO1)[C@H]1CC[C@H]2[C@@H]3[C@@H]4O[C@@H]4C4=C[C@@H](O)[C@@H]5O[C@@H]5[C@]4(C)[C@H]3CC[C@]12C. The van der Waals surface area contributed by atoms with Gasteiger partial charge >= 0.3 is 0 Å². The average molecular weight is 403 g/mol. The zero-order chi connectivity index (χ0) is 19.7. The molecule has 160 valence electrons. The van der Waals surface area contributed by atoms with E-state index in [2.05, 4.69) is 26.8 Å². The molecule has 29 heavy (non-hydrogen) atoms. The Hall–Kier alpha value is -0.460. The van der Waals surface area contributed by atoms with Crippen LogP contribution in [0.2, 0.25) is 0 Å². The molecule has 7 aliphatic rings. The van der Waals surface area contributed by atoms with Crippen molar-refractivity contribution >= 4 is 0 Å². The molecule has 0 aromatic rings. The number of aliphatic hydroxyl groups is 1. The highest BCUT2D eigenvalue weighted by atomic mass is 16.7. The fourth-order valence-electron chi connectivity index (χ4n) is 9.11. The number of hydrogen-bond donors (Lipinski definition) is 1. The van der Waals surface area contributed by atoms with Gasteiger partial charge in [-0.2, -0.15) is 0 Å². The van der Waals surface area contributed by atoms with Crippen LogP contribution in [0.4, 0.5) is 0 Å². The summed E-state index contributed by atoms with van der Waals surface area (Å²) >= 11 is 0. The minimum absolute atomic E-state index is 0.0148. The minimum atomic E-state index is -0.443. The van der Waals surface area contributed by atoms with Crippen LogP contribution in [0.25, 0.3) is 0 Å². The van der Waals surface area contributed by atoms with Gasteiger partial charge in [0.25, 0.3) is 0 Å². The normalized spacial score (nSPS) is 61.0. The Bertz CT molecular complexity index is 760. The molecule has 1 N–H and O–H groups in total. The van der Waals surface area contributed by atoms with Crippen molar-refractivity contribution < 1.29 is 24.1 Å². The van der Waals surface area contributed by atoms with E-state index in [0.717, 1.165) is 13.2 Å². The van der Waals surface area contributed by atoms with Gasteiger partial charge in [-0.15, -0.1) is 0 Å². The van der Waals surface area contributed by atoms with Gasteiger partial charge in [0, 0.05) is 11.3 Å². The van der Waals surface area contributed by atoms with Gasteiger partial charge in [0.05, 0.1) is 25.4 Å². The lowest BCUT2D eigenvalue weighted by Crippen LogP contribution is -2.56. The molecule has 3 saturated heterocycles. The molecule has 12 atom stereocenters. The van der Waals surface area contributed by atoms with E-state index in [-0.39, 0.29) is 30.0 Å². The van der Waals surface area contributed by atoms with E-state index in [9.17, 15) is 5.11 Å². The number of hydrogen-bond acceptors (Lipinski definition) is 5. The van der Waals surface area contributed by atoms with Crippen LogP contribution >= 0.6 is 0 Å². The number of rotatable bonds is 2. The highest BCUT2D eigenvalue weighted by Gasteiger charge is 2.74. The van der Waals surface area contributed by atoms with Gasteiger partial charge in [0.2, 0.25) is 0 Å². The van der Waals surface area contributed by atoms with Crippen LogP contribution < -0.4 is 0 Å². The summed E-state index contributed by atoms with van der Waals surface area (Å²) in [5.41, 5.74) is 1.76. The third-order valence-corrected chi connectivity index (χ3v) is 10.5. The summed E-state index contributed by atoms with van der Waals surface area (Å²) in [5, 5.41) is 10.4. The van der Waals surface area contributed by atoms with E-state index < -0.39 is 6.10 Å². The summed E-state index contributed by atoms with van der Waals surface area (Å²) in [6, 6.07) is 0. The Kier molecular flexibility index (Phi) is 3.54. The summed E-state index contributed by atoms with van der Waals surface area (Å²) in [6.45, 7) is 8.81. The van der Waals surface area contributed by atoms with Crippen molar-refractivity contribution in [1.29, 1.82) is 0 Å². The molecular formula is C24H34O5. The Labute approximate surface area is 173 Å². The van der Waals surface area contributed by atoms with Crippen LogP contribution in [0, 0.1) is 40.4 Å². The zero-order valence-corrected chi connectivity index (χ0v) is 17.8. The third-order valence-electron chi connectivity index (χ3n) is 10.5. The second-order valence-electron chi connectivity index (χ2n) is 11.4. The van der Waals surface area contributed by atoms with Crippen LogP contribution in [0.5, 0.6) is 0 Å². The van der Waals surface area contributed by atoms with Crippen LogP contribution in [0.15, 0.2) is 11.6 Å². The lowest BCUT2D eigenvalue weighted by molar-refractivity contribution is -0.124. The monoisotopic (exact) mass is 402 g/mol. The first kappa shape index (κ1) is 18.1. The predicted molar refractivity (Wildman–Crippen MR) is 105 cm³/mol. The van der Waals surface area contributed by atoms with Crippen LogP contribution in [-0.2, 0) is 18.9 Å². The van der Waals surface area contributed by atoms with Crippen molar-refractivity contribution in [3.05, 3.63) is 11.6 Å². The molecule has 5 nitrogen and oxygen atoms in total. The molecule has 0 radical (unpaired) electrons. The summed E-state index contributed by atoms with van der Waals surface area (Å²) < 4.78 is 24.2. The molecule has 0 spiro atoms. The van der Waals surface area contributed by atoms with Gasteiger partial charge in [-0.3, -0.25) is 0 Å². The fraction of sp³-hybridized carbons (Fsp3) is 0.917. The van der Waals surface area contributed by atoms with Gasteiger partial charge in [0.1, 0.15) is 18.3 Å². The molecule has 3 heterocycles. The molecule has 1 unspecified atom stereocenters. The highest BCUT2D eigenvalue weighted by molar-refractivity contribution is 5.40. The van der Waals surface area contributed by atoms with Crippen molar-refractivity contribution in [3.8, 4) is 0 Å². The molecule has 4 aliphatic carbocycles. The maximum Gasteiger partial charge on any atom is 0.160 e. The summed E-state index contributed by atoms with van der Waals surface area (Å²) in [6.07, 6.45) is 7.54. The standard InChI is InChI=1S/C24H34O5/c1-11(22-26-8-9-27-22)12-4-5-13-17-14(6-7-23(12,13)2)24(3)15(18-20(17)28-18)10-16(25)19-21(24)29-19/h10-14,16-22,25H,4-9H2,1-3H3/t11?,12-,13+,14+,16-,17+,18-,19+,20+,21+,23-,24-/m1/s1. The van der Waals surface area contributed by atoms with Crippen LogP contribution in [0.1, 0.15) is 46.5 Å². The zero-order valence-electron chi connectivity index (χ0n) is 17.8. The highest BCUT2D eigenvalue weighted by Crippen LogP contribution is 2.72. The van der Waals surface area contributed by atoms with Crippen LogP contribution in [-0.4, -0.2) is 55.1 Å². The van der Waals surface area contributed by atoms with E-state index in [1.165, 1.54) is 31.3 Å². The van der Waals surface area contributed by atoms with E-state index in [4.69, 9.17) is 18.9 Å². The van der Waals surface area contributed by atoms with Crippen molar-refractivity contribution in [2.45, 2.75) is 83.3 Å². The summed E-state index contributed by atoms with van der Waals surface area (Å²) in [7, 11) is 0. The number of ether oxygens (including phenoxy) is 4. The Balaban J connectivity index is 1.22. The molecular weight excluding hydrogens is 368 g/mol. The Morgan fingerprint density at radius 1 is 1.03 bits per heavy atom. The first-order valence-corrected chi connectivity index (χ1v) is 11.9. The molecule has 0 bridgehead atoms. The van der Waals surface area contributed by atoms with Gasteiger partial charge < -0.3 is 24.1 Å². The fourth-order valence-corrected chi connectivity index (χ4v) is 9.11. The Morgan fingerprint density at radius 3 is 2.62 bits per heavy atom. The molecule has 6 fully saturated rings. The molecule has 0 aromatic heterocycles. The lowest BCUT2D eigenvalue weighted by Gasteiger charge is -2.56. The van der Waals surface area contributed by atoms with Gasteiger partial charge in [-0.05, 0) is 60.3 Å².